The van der Waals surface area contributed by atoms with Gasteiger partial charge in [0.2, 0.25) is 0 Å². The molecule has 0 radical (unpaired) electrons. The highest BCUT2D eigenvalue weighted by Crippen LogP contribution is 2.08. The summed E-state index contributed by atoms with van der Waals surface area (Å²) in [5.41, 5.74) is -0.0129. The lowest BCUT2D eigenvalue weighted by Crippen LogP contribution is -2.20. The van der Waals surface area contributed by atoms with Crippen LogP contribution in [0.3, 0.4) is 0 Å². The highest BCUT2D eigenvalue weighted by molar-refractivity contribution is 6.18. The van der Waals surface area contributed by atoms with E-state index in [4.69, 9.17) is 42.1 Å². The number of hydrogen-bond acceptors (Lipinski definition) is 4. The van der Waals surface area contributed by atoms with Gasteiger partial charge in [-0.1, -0.05) is 45.7 Å². The topological polar surface area (TPSA) is 36.9 Å². The second kappa shape index (κ2) is 25.1. The Morgan fingerprint density at radius 1 is 0.471 bits per heavy atom. The first-order chi connectivity index (χ1) is 14.7. The van der Waals surface area contributed by atoms with Crippen molar-refractivity contribution < 1.29 is 18.9 Å². The van der Waals surface area contributed by atoms with Gasteiger partial charge in [-0.2, -0.15) is 0 Å². The lowest BCUT2D eigenvalue weighted by molar-refractivity contribution is -0.00452. The zero-order valence-corrected chi connectivity index (χ0v) is 26.3. The molecule has 6 heteroatoms. The monoisotopic (exact) mass is 534 g/mol. The molecular formula is C28H64Cl2O4. The highest BCUT2D eigenvalue weighted by atomic mass is 35.5. The van der Waals surface area contributed by atoms with Crippen molar-refractivity contribution in [1.29, 1.82) is 0 Å². The van der Waals surface area contributed by atoms with Gasteiger partial charge < -0.3 is 18.9 Å². The lowest BCUT2D eigenvalue weighted by atomic mass is 10.2. The molecule has 0 atom stereocenters. The van der Waals surface area contributed by atoms with Crippen LogP contribution in [-0.4, -0.2) is 54.2 Å². The molecule has 34 heavy (non-hydrogen) atoms. The van der Waals surface area contributed by atoms with Crippen LogP contribution in [0.5, 0.6) is 0 Å². The molecule has 4 nitrogen and oxygen atoms in total. The zero-order valence-electron chi connectivity index (χ0n) is 24.8. The Morgan fingerprint density at radius 2 is 0.735 bits per heavy atom. The number of rotatable bonds is 9. The summed E-state index contributed by atoms with van der Waals surface area (Å²) in [7, 11) is 0. The predicted molar refractivity (Wildman–Crippen MR) is 156 cm³/mol. The molecule has 0 fully saturated rings. The van der Waals surface area contributed by atoms with Crippen molar-refractivity contribution in [3.8, 4) is 0 Å². The fourth-order valence-corrected chi connectivity index (χ4v) is 1.96. The van der Waals surface area contributed by atoms with Crippen LogP contribution in [0.1, 0.15) is 130 Å². The number of halogens is 2. The van der Waals surface area contributed by atoms with E-state index in [1.54, 1.807) is 0 Å². The van der Waals surface area contributed by atoms with Crippen LogP contribution in [0.15, 0.2) is 0 Å². The van der Waals surface area contributed by atoms with E-state index in [-0.39, 0.29) is 35.9 Å². The average molecular weight is 536 g/mol. The Kier molecular flexibility index (Phi) is 32.8. The van der Waals surface area contributed by atoms with E-state index in [1.165, 1.54) is 25.7 Å². The Hall–Kier alpha value is 0.420. The molecule has 0 aliphatic rings. The van der Waals surface area contributed by atoms with Gasteiger partial charge in [-0.25, -0.2) is 0 Å². The van der Waals surface area contributed by atoms with Crippen LogP contribution in [0.4, 0.5) is 0 Å². The third-order valence-corrected chi connectivity index (χ3v) is 3.43. The minimum Gasteiger partial charge on any atom is -0.376 e. The Labute approximate surface area is 226 Å². The second-order valence-electron chi connectivity index (χ2n) is 11.6. The standard InChI is InChI=1S/2C8H18O.C6H13ClO.C5H11ClO.CH4/c2*1-5-6-7-9-8(2,3)4;1-6(2,3)8-5-4-7;1-5(2,3)7-4-6;/h2*5-7H2,1-4H3;4-5H2,1-3H3;4H2,1-3H3;1H4. The summed E-state index contributed by atoms with van der Waals surface area (Å²) in [6.07, 6.45) is 4.79. The van der Waals surface area contributed by atoms with E-state index >= 15 is 0 Å². The summed E-state index contributed by atoms with van der Waals surface area (Å²) in [6, 6.07) is 0.281. The van der Waals surface area contributed by atoms with E-state index < -0.39 is 0 Å². The first-order valence-electron chi connectivity index (χ1n) is 12.4. The highest BCUT2D eigenvalue weighted by Gasteiger charge is 2.09. The number of unbranched alkanes of at least 4 members (excludes halogenated alkanes) is 2. The van der Waals surface area contributed by atoms with Crippen LogP contribution in [0, 0.1) is 0 Å². The summed E-state index contributed by atoms with van der Waals surface area (Å²) in [5, 5.41) is 0. The molecule has 0 N–H and O–H groups in total. The fraction of sp³-hybridized carbons (Fsp3) is 1.00. The molecule has 0 bridgehead atoms. The summed E-state index contributed by atoms with van der Waals surface area (Å²) < 4.78 is 21.2. The van der Waals surface area contributed by atoms with Crippen molar-refractivity contribution >= 4 is 23.2 Å². The second-order valence-corrected chi connectivity index (χ2v) is 12.2. The van der Waals surface area contributed by atoms with Gasteiger partial charge >= 0.3 is 0 Å². The van der Waals surface area contributed by atoms with Gasteiger partial charge in [-0.05, 0) is 95.9 Å². The van der Waals surface area contributed by atoms with E-state index in [0.717, 1.165) is 13.2 Å². The molecule has 0 amide bonds. The predicted octanol–water partition coefficient (Wildman–Crippen LogP) is 9.88. The molecule has 0 aliphatic carbocycles. The van der Waals surface area contributed by atoms with Crippen LogP contribution in [0.2, 0.25) is 0 Å². The van der Waals surface area contributed by atoms with E-state index in [0.29, 0.717) is 12.5 Å². The van der Waals surface area contributed by atoms with Gasteiger partial charge in [0.05, 0.1) is 29.0 Å². The smallest absolute Gasteiger partial charge is 0.121 e. The largest absolute Gasteiger partial charge is 0.376 e. The van der Waals surface area contributed by atoms with Crippen LogP contribution < -0.4 is 0 Å². The van der Waals surface area contributed by atoms with Crippen molar-refractivity contribution in [1.82, 2.24) is 0 Å². The van der Waals surface area contributed by atoms with Gasteiger partial charge in [0.25, 0.3) is 0 Å². The maximum Gasteiger partial charge on any atom is 0.121 e. The Balaban J connectivity index is -0.000000109. The number of ether oxygens (including phenoxy) is 4. The SMILES string of the molecule is C.CC(C)(C)OCCCl.CC(C)(C)OCCl.CCCCOC(C)(C)C.CCCCOC(C)(C)C. The van der Waals surface area contributed by atoms with Gasteiger partial charge in [0, 0.05) is 19.1 Å². The van der Waals surface area contributed by atoms with Gasteiger partial charge in [-0.3, -0.25) is 0 Å². The van der Waals surface area contributed by atoms with Crippen LogP contribution in [0.25, 0.3) is 0 Å². The summed E-state index contributed by atoms with van der Waals surface area (Å²) in [6.45, 7) is 31.3. The van der Waals surface area contributed by atoms with Crippen molar-refractivity contribution in [3.63, 3.8) is 0 Å². The minimum atomic E-state index is -0.0816. The van der Waals surface area contributed by atoms with Gasteiger partial charge in [0.1, 0.15) is 6.07 Å². The normalized spacial score (nSPS) is 11.6. The molecule has 0 saturated carbocycles. The van der Waals surface area contributed by atoms with E-state index in [9.17, 15) is 0 Å². The zero-order chi connectivity index (χ0) is 27.2. The maximum absolute atomic E-state index is 5.47. The molecule has 0 aromatic rings. The molecule has 214 valence electrons. The minimum absolute atomic E-state index is 0. The number of hydrogen-bond donors (Lipinski definition) is 0. The summed E-state index contributed by atoms with van der Waals surface area (Å²) in [4.78, 5) is 0. The van der Waals surface area contributed by atoms with Crippen molar-refractivity contribution in [2.75, 3.05) is 31.8 Å². The molecule has 0 aromatic heterocycles. The molecular weight excluding hydrogens is 471 g/mol. The Morgan fingerprint density at radius 3 is 0.853 bits per heavy atom. The van der Waals surface area contributed by atoms with Gasteiger partial charge in [0.15, 0.2) is 0 Å². The first kappa shape index (κ1) is 44.4. The maximum atomic E-state index is 5.47. The molecule has 0 saturated heterocycles. The van der Waals surface area contributed by atoms with Crippen molar-refractivity contribution in [2.24, 2.45) is 0 Å². The average Bonchev–Trinajstić information content (AvgIpc) is 2.58. The molecule has 0 spiro atoms. The van der Waals surface area contributed by atoms with E-state index in [2.05, 4.69) is 55.4 Å². The molecule has 0 heterocycles. The van der Waals surface area contributed by atoms with Crippen LogP contribution in [-0.2, 0) is 18.9 Å². The third kappa shape index (κ3) is 69.8. The quantitative estimate of drug-likeness (QED) is 0.217. The first-order valence-corrected chi connectivity index (χ1v) is 13.5. The lowest BCUT2D eigenvalue weighted by Gasteiger charge is -2.18. The summed E-state index contributed by atoms with van der Waals surface area (Å²) in [5.74, 6) is 0.581. The molecule has 0 aromatic carbocycles. The Bertz CT molecular complexity index is 356. The number of alkyl halides is 2. The van der Waals surface area contributed by atoms with Crippen molar-refractivity contribution in [2.45, 2.75) is 152 Å². The summed E-state index contributed by atoms with van der Waals surface area (Å²) >= 11 is 10.6. The fourth-order valence-electron chi connectivity index (χ4n) is 1.55. The third-order valence-electron chi connectivity index (χ3n) is 3.17. The van der Waals surface area contributed by atoms with Gasteiger partial charge in [-0.15, -0.1) is 11.6 Å². The molecule has 0 aliphatic heterocycles. The molecule has 0 rings (SSSR count). The van der Waals surface area contributed by atoms with Crippen LogP contribution >= 0.6 is 23.2 Å². The van der Waals surface area contributed by atoms with E-state index in [1.807, 2.05) is 41.5 Å². The molecule has 0 unspecified atom stereocenters. The van der Waals surface area contributed by atoms with Crippen molar-refractivity contribution in [3.05, 3.63) is 0 Å².